The zero-order valence-corrected chi connectivity index (χ0v) is 15.4. The first-order valence-corrected chi connectivity index (χ1v) is 9.34. The number of H-pyrrole nitrogens is 1. The summed E-state index contributed by atoms with van der Waals surface area (Å²) in [5, 5.41) is 7.65. The number of hydrogen-bond donors (Lipinski definition) is 1. The summed E-state index contributed by atoms with van der Waals surface area (Å²) in [5.41, 5.74) is 4.17. The van der Waals surface area contributed by atoms with Gasteiger partial charge in [-0.1, -0.05) is 0 Å². The van der Waals surface area contributed by atoms with Gasteiger partial charge in [0.2, 0.25) is 5.91 Å². The van der Waals surface area contributed by atoms with E-state index in [2.05, 4.69) is 10.2 Å². The molecule has 1 aliphatic heterocycles. The van der Waals surface area contributed by atoms with Crippen LogP contribution in [0.3, 0.4) is 0 Å². The van der Waals surface area contributed by atoms with Crippen molar-refractivity contribution in [2.24, 2.45) is 0 Å². The number of rotatable bonds is 6. The van der Waals surface area contributed by atoms with Crippen LogP contribution in [-0.2, 0) is 24.2 Å². The van der Waals surface area contributed by atoms with E-state index >= 15 is 0 Å². The van der Waals surface area contributed by atoms with E-state index in [1.807, 2.05) is 48.2 Å². The fourth-order valence-electron chi connectivity index (χ4n) is 3.47. The quantitative estimate of drug-likeness (QED) is 0.725. The smallest absolute Gasteiger partial charge is 0.223 e. The summed E-state index contributed by atoms with van der Waals surface area (Å²) in [6.07, 6.45) is 3.53. The third-order valence-electron chi connectivity index (χ3n) is 4.89. The van der Waals surface area contributed by atoms with Gasteiger partial charge in [-0.05, 0) is 43.3 Å². The maximum Gasteiger partial charge on any atom is 0.223 e. The number of nitrogens with one attached hydrogen (secondary N) is 1. The van der Waals surface area contributed by atoms with Crippen LogP contribution >= 0.6 is 0 Å². The molecule has 0 bridgehead atoms. The molecule has 140 valence electrons. The molecule has 0 spiro atoms. The van der Waals surface area contributed by atoms with Crippen molar-refractivity contribution in [3.05, 3.63) is 59.7 Å². The Morgan fingerprint density at radius 3 is 2.89 bits per heavy atom. The van der Waals surface area contributed by atoms with E-state index in [-0.39, 0.29) is 5.91 Å². The zero-order valence-electron chi connectivity index (χ0n) is 15.4. The molecule has 6 heteroatoms. The molecular weight excluding hydrogens is 342 g/mol. The molecule has 27 heavy (non-hydrogen) atoms. The number of amides is 1. The molecule has 6 nitrogen and oxygen atoms in total. The van der Waals surface area contributed by atoms with Gasteiger partial charge in [0.25, 0.3) is 0 Å². The molecule has 1 aliphatic rings. The summed E-state index contributed by atoms with van der Waals surface area (Å²) in [7, 11) is 0. The van der Waals surface area contributed by atoms with Gasteiger partial charge in [0.1, 0.15) is 11.5 Å². The van der Waals surface area contributed by atoms with E-state index in [1.165, 1.54) is 0 Å². The van der Waals surface area contributed by atoms with Crippen LogP contribution in [0.4, 0.5) is 0 Å². The van der Waals surface area contributed by atoms with Crippen LogP contribution < -0.4 is 4.74 Å². The summed E-state index contributed by atoms with van der Waals surface area (Å²) in [5.74, 6) is 1.84. The standard InChI is InChI=1S/C21H23N3O3/c1-2-26-17-7-5-15(6-8-17)21-18-14-24(12-11-19(18)22-23-21)20(25)10-9-16-4-3-13-27-16/h3-8,13H,2,9-12,14H2,1H3,(H,22,23). The van der Waals surface area contributed by atoms with Gasteiger partial charge in [0.15, 0.2) is 0 Å². The molecule has 0 saturated heterocycles. The first-order chi connectivity index (χ1) is 13.2. The molecule has 3 heterocycles. The highest BCUT2D eigenvalue weighted by molar-refractivity contribution is 5.77. The monoisotopic (exact) mass is 365 g/mol. The largest absolute Gasteiger partial charge is 0.494 e. The number of aryl methyl sites for hydroxylation is 1. The molecule has 1 amide bonds. The van der Waals surface area contributed by atoms with E-state index in [4.69, 9.17) is 9.15 Å². The first-order valence-electron chi connectivity index (χ1n) is 9.34. The number of ether oxygens (including phenoxy) is 1. The lowest BCUT2D eigenvalue weighted by molar-refractivity contribution is -0.132. The highest BCUT2D eigenvalue weighted by Gasteiger charge is 2.25. The second-order valence-electron chi connectivity index (χ2n) is 6.63. The molecule has 4 rings (SSSR count). The Kier molecular flexibility index (Phi) is 4.96. The van der Waals surface area contributed by atoms with Gasteiger partial charge in [-0.3, -0.25) is 9.89 Å². The van der Waals surface area contributed by atoms with Crippen LogP contribution in [0, 0.1) is 0 Å². The van der Waals surface area contributed by atoms with Crippen LogP contribution in [0.1, 0.15) is 30.4 Å². The zero-order chi connectivity index (χ0) is 18.6. The lowest BCUT2D eigenvalue weighted by atomic mass is 10.0. The van der Waals surface area contributed by atoms with Gasteiger partial charge in [-0.15, -0.1) is 0 Å². The van der Waals surface area contributed by atoms with Crippen molar-refractivity contribution in [3.63, 3.8) is 0 Å². The number of benzene rings is 1. The van der Waals surface area contributed by atoms with Crippen LogP contribution in [0.15, 0.2) is 47.1 Å². The third kappa shape index (κ3) is 3.74. The van der Waals surface area contributed by atoms with E-state index < -0.39 is 0 Å². The molecule has 0 aliphatic carbocycles. The minimum absolute atomic E-state index is 0.149. The first kappa shape index (κ1) is 17.4. The number of fused-ring (bicyclic) bond motifs is 1. The number of aromatic nitrogens is 2. The Morgan fingerprint density at radius 1 is 1.30 bits per heavy atom. The highest BCUT2D eigenvalue weighted by atomic mass is 16.5. The summed E-state index contributed by atoms with van der Waals surface area (Å²) in [4.78, 5) is 14.5. The summed E-state index contributed by atoms with van der Waals surface area (Å²) in [6, 6.07) is 11.7. The van der Waals surface area contributed by atoms with Crippen molar-refractivity contribution in [3.8, 4) is 17.0 Å². The minimum Gasteiger partial charge on any atom is -0.494 e. The number of carbonyl (C=O) groups excluding carboxylic acids is 1. The summed E-state index contributed by atoms with van der Waals surface area (Å²) >= 11 is 0. The fraction of sp³-hybridized carbons (Fsp3) is 0.333. The Balaban J connectivity index is 1.47. The van der Waals surface area contributed by atoms with Crippen LogP contribution in [0.5, 0.6) is 5.75 Å². The van der Waals surface area contributed by atoms with Gasteiger partial charge in [-0.25, -0.2) is 0 Å². The van der Waals surface area contributed by atoms with Gasteiger partial charge >= 0.3 is 0 Å². The van der Waals surface area contributed by atoms with Crippen molar-refractivity contribution in [2.45, 2.75) is 32.7 Å². The number of furan rings is 1. The number of hydrogen-bond acceptors (Lipinski definition) is 4. The Hall–Kier alpha value is -3.02. The second kappa shape index (κ2) is 7.70. The highest BCUT2D eigenvalue weighted by Crippen LogP contribution is 2.29. The average molecular weight is 365 g/mol. The normalized spacial score (nSPS) is 13.4. The molecular formula is C21H23N3O3. The van der Waals surface area contributed by atoms with E-state index in [1.54, 1.807) is 6.26 Å². The Bertz CT molecular complexity index is 897. The second-order valence-corrected chi connectivity index (χ2v) is 6.63. The van der Waals surface area contributed by atoms with Crippen molar-refractivity contribution in [1.29, 1.82) is 0 Å². The van der Waals surface area contributed by atoms with Crippen molar-refractivity contribution >= 4 is 5.91 Å². The molecule has 0 atom stereocenters. The topological polar surface area (TPSA) is 71.4 Å². The third-order valence-corrected chi connectivity index (χ3v) is 4.89. The molecule has 0 radical (unpaired) electrons. The van der Waals surface area contributed by atoms with Crippen LogP contribution in [0.2, 0.25) is 0 Å². The van der Waals surface area contributed by atoms with Crippen molar-refractivity contribution in [1.82, 2.24) is 15.1 Å². The Labute approximate surface area is 158 Å². The molecule has 2 aromatic heterocycles. The predicted molar refractivity (Wildman–Crippen MR) is 101 cm³/mol. The van der Waals surface area contributed by atoms with Crippen molar-refractivity contribution < 1.29 is 13.9 Å². The van der Waals surface area contributed by atoms with Crippen LogP contribution in [-0.4, -0.2) is 34.2 Å². The van der Waals surface area contributed by atoms with Gasteiger partial charge in [0.05, 0.1) is 18.6 Å². The van der Waals surface area contributed by atoms with Crippen molar-refractivity contribution in [2.75, 3.05) is 13.2 Å². The molecule has 0 unspecified atom stereocenters. The molecule has 0 saturated carbocycles. The van der Waals surface area contributed by atoms with Gasteiger partial charge in [0, 0.05) is 49.2 Å². The lowest BCUT2D eigenvalue weighted by Gasteiger charge is -2.27. The maximum atomic E-state index is 12.6. The van der Waals surface area contributed by atoms with Gasteiger partial charge < -0.3 is 14.1 Å². The molecule has 1 aromatic carbocycles. The van der Waals surface area contributed by atoms with Crippen LogP contribution in [0.25, 0.3) is 11.3 Å². The molecule has 3 aromatic rings. The van der Waals surface area contributed by atoms with E-state index in [0.29, 0.717) is 26.0 Å². The average Bonchev–Trinajstić information content (AvgIpc) is 3.36. The Morgan fingerprint density at radius 2 is 2.15 bits per heavy atom. The van der Waals surface area contributed by atoms with E-state index in [0.717, 1.165) is 47.0 Å². The lowest BCUT2D eigenvalue weighted by Crippen LogP contribution is -2.36. The minimum atomic E-state index is 0.149. The molecule has 1 N–H and O–H groups in total. The summed E-state index contributed by atoms with van der Waals surface area (Å²) in [6.45, 7) is 3.92. The SMILES string of the molecule is CCOc1ccc(-c2n[nH]c3c2CN(C(=O)CCc2ccco2)CC3)cc1. The molecule has 0 fully saturated rings. The summed E-state index contributed by atoms with van der Waals surface area (Å²) < 4.78 is 10.8. The number of aromatic amines is 1. The maximum absolute atomic E-state index is 12.6. The van der Waals surface area contributed by atoms with Gasteiger partial charge in [-0.2, -0.15) is 5.10 Å². The number of nitrogens with zero attached hydrogens (tertiary/aromatic N) is 2. The number of carbonyl (C=O) groups is 1. The predicted octanol–water partition coefficient (Wildman–Crippen LogP) is 3.59. The fourth-order valence-corrected chi connectivity index (χ4v) is 3.47. The van der Waals surface area contributed by atoms with E-state index in [9.17, 15) is 4.79 Å².